The lowest BCUT2D eigenvalue weighted by atomic mass is 10.1. The fourth-order valence-electron chi connectivity index (χ4n) is 2.71. The zero-order chi connectivity index (χ0) is 19.8. The third-order valence-electron chi connectivity index (χ3n) is 4.32. The van der Waals surface area contributed by atoms with Crippen LogP contribution in [0, 0.1) is 0 Å². The number of hydrogen-bond donors (Lipinski definition) is 2. The second-order valence-corrected chi connectivity index (χ2v) is 7.85. The minimum absolute atomic E-state index is 0.104. The van der Waals surface area contributed by atoms with Crippen LogP contribution >= 0.6 is 24.0 Å². The first kappa shape index (κ1) is 20.2. The van der Waals surface area contributed by atoms with Gasteiger partial charge in [-0.05, 0) is 66.7 Å². The predicted octanol–water partition coefficient (Wildman–Crippen LogP) is 6.04. The van der Waals surface area contributed by atoms with Crippen molar-refractivity contribution in [1.29, 1.82) is 0 Å². The fraction of sp³-hybridized carbons (Fsp3) is 0.174. The maximum absolute atomic E-state index is 5.46. The summed E-state index contributed by atoms with van der Waals surface area (Å²) in [5.74, 6) is 1.80. The van der Waals surface area contributed by atoms with Crippen LogP contribution in [0.1, 0.15) is 24.1 Å². The Morgan fingerprint density at radius 2 is 1.64 bits per heavy atom. The second kappa shape index (κ2) is 10.2. The summed E-state index contributed by atoms with van der Waals surface area (Å²) in [6.45, 7) is 2.08. The summed E-state index contributed by atoms with van der Waals surface area (Å²) in [6.07, 6.45) is 0. The first-order chi connectivity index (χ1) is 13.6. The number of rotatable bonds is 7. The summed E-state index contributed by atoms with van der Waals surface area (Å²) in [5, 5.41) is 7.18. The summed E-state index contributed by atoms with van der Waals surface area (Å²) < 4.78 is 5.20. The van der Waals surface area contributed by atoms with E-state index in [9.17, 15) is 0 Å². The first-order valence-electron chi connectivity index (χ1n) is 9.12. The van der Waals surface area contributed by atoms with Crippen molar-refractivity contribution in [2.24, 2.45) is 0 Å². The van der Waals surface area contributed by atoms with Gasteiger partial charge in [-0.2, -0.15) is 0 Å². The van der Waals surface area contributed by atoms with Gasteiger partial charge in [0.2, 0.25) is 0 Å². The van der Waals surface area contributed by atoms with Crippen molar-refractivity contribution in [2.45, 2.75) is 23.6 Å². The molecule has 1 atom stereocenters. The van der Waals surface area contributed by atoms with E-state index in [1.54, 1.807) is 7.11 Å². The Kier molecular flexibility index (Phi) is 7.34. The molecule has 0 heterocycles. The van der Waals surface area contributed by atoms with E-state index in [4.69, 9.17) is 17.0 Å². The highest BCUT2D eigenvalue weighted by molar-refractivity contribution is 7.98. The highest BCUT2D eigenvalue weighted by atomic mass is 32.2. The Labute approximate surface area is 176 Å². The molecule has 3 aromatic carbocycles. The van der Waals surface area contributed by atoms with E-state index in [1.807, 2.05) is 42.1 Å². The number of anilines is 1. The molecule has 2 N–H and O–H groups in total. The largest absolute Gasteiger partial charge is 0.497 e. The van der Waals surface area contributed by atoms with Gasteiger partial charge in [0.25, 0.3) is 0 Å². The summed E-state index contributed by atoms with van der Waals surface area (Å²) in [6, 6.07) is 26.9. The van der Waals surface area contributed by atoms with Gasteiger partial charge in [0.1, 0.15) is 5.75 Å². The molecule has 0 spiro atoms. The lowest BCUT2D eigenvalue weighted by Gasteiger charge is -2.18. The third kappa shape index (κ3) is 6.01. The van der Waals surface area contributed by atoms with Crippen molar-refractivity contribution in [3.8, 4) is 5.75 Å². The van der Waals surface area contributed by atoms with Crippen LogP contribution in [-0.2, 0) is 5.75 Å². The summed E-state index contributed by atoms with van der Waals surface area (Å²) in [5.41, 5.74) is 3.41. The van der Waals surface area contributed by atoms with Crippen LogP contribution in [0.4, 0.5) is 5.69 Å². The number of nitrogens with one attached hydrogen (secondary N) is 2. The molecule has 28 heavy (non-hydrogen) atoms. The molecule has 0 aliphatic rings. The van der Waals surface area contributed by atoms with Crippen LogP contribution in [0.15, 0.2) is 83.8 Å². The van der Waals surface area contributed by atoms with E-state index in [1.165, 1.54) is 10.5 Å². The predicted molar refractivity (Wildman–Crippen MR) is 123 cm³/mol. The molecule has 0 bridgehead atoms. The minimum Gasteiger partial charge on any atom is -0.497 e. The van der Waals surface area contributed by atoms with E-state index in [-0.39, 0.29) is 6.04 Å². The molecule has 0 saturated carbocycles. The highest BCUT2D eigenvalue weighted by Crippen LogP contribution is 2.23. The van der Waals surface area contributed by atoms with Crippen LogP contribution in [0.3, 0.4) is 0 Å². The average molecular weight is 409 g/mol. The summed E-state index contributed by atoms with van der Waals surface area (Å²) in [4.78, 5) is 1.28. The van der Waals surface area contributed by atoms with E-state index in [2.05, 4.69) is 66.1 Å². The molecule has 3 aromatic rings. The van der Waals surface area contributed by atoms with Crippen LogP contribution in [0.5, 0.6) is 5.75 Å². The Morgan fingerprint density at radius 1 is 0.964 bits per heavy atom. The van der Waals surface area contributed by atoms with Crippen molar-refractivity contribution in [3.05, 3.63) is 90.0 Å². The van der Waals surface area contributed by atoms with E-state index < -0.39 is 0 Å². The Morgan fingerprint density at radius 3 is 2.29 bits per heavy atom. The first-order valence-corrected chi connectivity index (χ1v) is 10.5. The van der Waals surface area contributed by atoms with Crippen molar-refractivity contribution >= 4 is 34.8 Å². The lowest BCUT2D eigenvalue weighted by Crippen LogP contribution is -2.30. The van der Waals surface area contributed by atoms with Crippen molar-refractivity contribution in [2.75, 3.05) is 12.4 Å². The Hall–Kier alpha value is -2.50. The number of hydrogen-bond acceptors (Lipinski definition) is 3. The van der Waals surface area contributed by atoms with Gasteiger partial charge in [-0.15, -0.1) is 11.8 Å². The molecule has 0 aliphatic carbocycles. The number of thiocarbonyl (C=S) groups is 1. The zero-order valence-electron chi connectivity index (χ0n) is 16.0. The van der Waals surface area contributed by atoms with Crippen LogP contribution in [0.2, 0.25) is 0 Å². The molecule has 0 aromatic heterocycles. The van der Waals surface area contributed by atoms with E-state index in [0.29, 0.717) is 5.11 Å². The Balaban J connectivity index is 1.49. The number of thioether (sulfide) groups is 1. The summed E-state index contributed by atoms with van der Waals surface area (Å²) >= 11 is 7.29. The van der Waals surface area contributed by atoms with Gasteiger partial charge in [0.05, 0.1) is 13.2 Å². The molecular formula is C23H24N2OS2. The zero-order valence-corrected chi connectivity index (χ0v) is 17.6. The molecule has 0 fully saturated rings. The van der Waals surface area contributed by atoms with Gasteiger partial charge in [0.15, 0.2) is 5.11 Å². The molecule has 0 unspecified atom stereocenters. The van der Waals surface area contributed by atoms with Gasteiger partial charge >= 0.3 is 0 Å². The standard InChI is InChI=1S/C23H24N2OS2/c1-17(19-10-14-21(26-2)15-11-19)24-23(27)25-20-12-8-18(9-13-20)16-28-22-6-4-3-5-7-22/h3-15,17H,16H2,1-2H3,(H2,24,25,27)/t17-/m1/s1. The number of methoxy groups -OCH3 is 1. The van der Waals surface area contributed by atoms with Gasteiger partial charge < -0.3 is 15.4 Å². The molecular weight excluding hydrogens is 384 g/mol. The van der Waals surface area contributed by atoms with Gasteiger partial charge in [-0.25, -0.2) is 0 Å². The van der Waals surface area contributed by atoms with Crippen LogP contribution in [0.25, 0.3) is 0 Å². The smallest absolute Gasteiger partial charge is 0.171 e. The monoisotopic (exact) mass is 408 g/mol. The van der Waals surface area contributed by atoms with E-state index >= 15 is 0 Å². The van der Waals surface area contributed by atoms with E-state index in [0.717, 1.165) is 22.8 Å². The van der Waals surface area contributed by atoms with Gasteiger partial charge in [-0.3, -0.25) is 0 Å². The maximum Gasteiger partial charge on any atom is 0.171 e. The quantitative estimate of drug-likeness (QED) is 0.368. The van der Waals surface area contributed by atoms with Gasteiger partial charge in [0, 0.05) is 16.3 Å². The van der Waals surface area contributed by atoms with Crippen LogP contribution in [-0.4, -0.2) is 12.2 Å². The number of ether oxygens (including phenoxy) is 1. The normalized spacial score (nSPS) is 11.5. The Bertz CT molecular complexity index is 881. The number of benzene rings is 3. The molecule has 5 heteroatoms. The lowest BCUT2D eigenvalue weighted by molar-refractivity contribution is 0.414. The third-order valence-corrected chi connectivity index (χ3v) is 5.63. The van der Waals surface area contributed by atoms with Crippen molar-refractivity contribution < 1.29 is 4.74 Å². The molecule has 0 aliphatic heterocycles. The molecule has 0 saturated heterocycles. The van der Waals surface area contributed by atoms with Gasteiger partial charge in [-0.1, -0.05) is 42.5 Å². The van der Waals surface area contributed by atoms with Crippen molar-refractivity contribution in [3.63, 3.8) is 0 Å². The topological polar surface area (TPSA) is 33.3 Å². The SMILES string of the molecule is COc1ccc([C@@H](C)NC(=S)Nc2ccc(CSc3ccccc3)cc2)cc1. The molecule has 3 nitrogen and oxygen atoms in total. The minimum atomic E-state index is 0.104. The van der Waals surface area contributed by atoms with Crippen LogP contribution < -0.4 is 15.4 Å². The molecule has 0 amide bonds. The summed E-state index contributed by atoms with van der Waals surface area (Å²) in [7, 11) is 1.67. The highest BCUT2D eigenvalue weighted by Gasteiger charge is 2.07. The van der Waals surface area contributed by atoms with Crippen molar-refractivity contribution in [1.82, 2.24) is 5.32 Å². The fourth-order valence-corrected chi connectivity index (χ4v) is 3.88. The maximum atomic E-state index is 5.46. The average Bonchev–Trinajstić information content (AvgIpc) is 2.74. The second-order valence-electron chi connectivity index (χ2n) is 6.39. The molecule has 0 radical (unpaired) electrons. The molecule has 3 rings (SSSR count). The molecule has 144 valence electrons.